The molecule has 0 amide bonds. The number of anilines is 1. The molecule has 6 heteroatoms. The van der Waals surface area contributed by atoms with Gasteiger partial charge in [0.25, 0.3) is 0 Å². The molecule has 2 N–H and O–H groups in total. The molecule has 0 aliphatic rings. The number of rotatable bonds is 3. The number of carbonyl (C=O) groups is 1. The lowest BCUT2D eigenvalue weighted by Gasteiger charge is -2.08. The Morgan fingerprint density at radius 3 is 2.75 bits per heavy atom. The summed E-state index contributed by atoms with van der Waals surface area (Å²) in [4.78, 5) is 11.7. The van der Waals surface area contributed by atoms with E-state index in [9.17, 15) is 4.79 Å². The first-order valence-electron chi connectivity index (χ1n) is 4.90. The van der Waals surface area contributed by atoms with Crippen LogP contribution in [0.4, 0.5) is 5.69 Å². The molecule has 1 rings (SSSR count). The predicted molar refractivity (Wildman–Crippen MR) is 57.5 cm³/mol. The summed E-state index contributed by atoms with van der Waals surface area (Å²) in [6.45, 7) is 3.47. The molecule has 0 saturated carbocycles. The van der Waals surface area contributed by atoms with Gasteiger partial charge < -0.3 is 10.5 Å². The average Bonchev–Trinajstić information content (AvgIpc) is 2.49. The summed E-state index contributed by atoms with van der Waals surface area (Å²) in [6.07, 6.45) is -0.305. The number of aryl methyl sites for hydroxylation is 2. The van der Waals surface area contributed by atoms with E-state index >= 15 is 0 Å². The van der Waals surface area contributed by atoms with Crippen molar-refractivity contribution >= 4 is 11.7 Å². The van der Waals surface area contributed by atoms with E-state index < -0.39 is 12.1 Å². The lowest BCUT2D eigenvalue weighted by molar-refractivity contribution is 0.0389. The van der Waals surface area contributed by atoms with Gasteiger partial charge in [0.05, 0.1) is 11.4 Å². The summed E-state index contributed by atoms with van der Waals surface area (Å²) in [5, 5.41) is 12.7. The summed E-state index contributed by atoms with van der Waals surface area (Å²) < 4.78 is 6.33. The SMILES string of the molecule is CCC(C#N)OC(=O)c1c(N)c(C)nn1C. The highest BCUT2D eigenvalue weighted by Gasteiger charge is 2.21. The van der Waals surface area contributed by atoms with Crippen LogP contribution in [0.3, 0.4) is 0 Å². The van der Waals surface area contributed by atoms with Crippen molar-refractivity contribution in [1.82, 2.24) is 9.78 Å². The van der Waals surface area contributed by atoms with E-state index in [4.69, 9.17) is 15.7 Å². The zero-order chi connectivity index (χ0) is 12.3. The second-order valence-electron chi connectivity index (χ2n) is 3.40. The van der Waals surface area contributed by atoms with Gasteiger partial charge in [-0.1, -0.05) is 6.92 Å². The quantitative estimate of drug-likeness (QED) is 0.762. The van der Waals surface area contributed by atoms with Gasteiger partial charge in [-0.15, -0.1) is 0 Å². The van der Waals surface area contributed by atoms with Crippen molar-refractivity contribution in [3.63, 3.8) is 0 Å². The van der Waals surface area contributed by atoms with Crippen LogP contribution in [-0.4, -0.2) is 21.9 Å². The highest BCUT2D eigenvalue weighted by atomic mass is 16.5. The predicted octanol–water partition coefficient (Wildman–Crippen LogP) is 0.770. The van der Waals surface area contributed by atoms with Gasteiger partial charge in [-0.25, -0.2) is 4.79 Å². The minimum absolute atomic E-state index is 0.186. The molecule has 86 valence electrons. The normalized spacial score (nSPS) is 11.9. The molecule has 0 aliphatic heterocycles. The molecule has 0 spiro atoms. The molecular weight excluding hydrogens is 208 g/mol. The zero-order valence-electron chi connectivity index (χ0n) is 9.52. The molecular formula is C10H14N4O2. The molecule has 0 aromatic carbocycles. The lowest BCUT2D eigenvalue weighted by Crippen LogP contribution is -2.19. The fraction of sp³-hybridized carbons (Fsp3) is 0.500. The van der Waals surface area contributed by atoms with E-state index in [0.29, 0.717) is 17.8 Å². The van der Waals surface area contributed by atoms with Crippen molar-refractivity contribution in [3.05, 3.63) is 11.4 Å². The van der Waals surface area contributed by atoms with Crippen molar-refractivity contribution in [2.75, 3.05) is 5.73 Å². The molecule has 0 saturated heterocycles. The van der Waals surface area contributed by atoms with Gasteiger partial charge in [-0.2, -0.15) is 10.4 Å². The van der Waals surface area contributed by atoms with Crippen molar-refractivity contribution in [1.29, 1.82) is 5.26 Å². The van der Waals surface area contributed by atoms with Crippen molar-refractivity contribution in [2.24, 2.45) is 7.05 Å². The Kier molecular flexibility index (Phi) is 3.51. The van der Waals surface area contributed by atoms with Crippen molar-refractivity contribution < 1.29 is 9.53 Å². The minimum Gasteiger partial charge on any atom is -0.442 e. The van der Waals surface area contributed by atoms with Crippen LogP contribution in [0.15, 0.2) is 0 Å². The van der Waals surface area contributed by atoms with E-state index in [1.165, 1.54) is 4.68 Å². The van der Waals surface area contributed by atoms with Crippen LogP contribution in [0, 0.1) is 18.3 Å². The summed E-state index contributed by atoms with van der Waals surface area (Å²) in [5.41, 5.74) is 6.74. The Morgan fingerprint density at radius 1 is 1.75 bits per heavy atom. The molecule has 0 fully saturated rings. The molecule has 1 aromatic heterocycles. The maximum atomic E-state index is 11.7. The second-order valence-corrected chi connectivity index (χ2v) is 3.40. The Morgan fingerprint density at radius 2 is 2.38 bits per heavy atom. The summed E-state index contributed by atoms with van der Waals surface area (Å²) in [5.74, 6) is -0.617. The Labute approximate surface area is 93.6 Å². The first kappa shape index (κ1) is 12.0. The van der Waals surface area contributed by atoms with Gasteiger partial charge >= 0.3 is 5.97 Å². The smallest absolute Gasteiger partial charge is 0.360 e. The number of esters is 1. The van der Waals surface area contributed by atoms with Crippen molar-refractivity contribution in [2.45, 2.75) is 26.4 Å². The molecule has 6 nitrogen and oxygen atoms in total. The summed E-state index contributed by atoms with van der Waals surface area (Å²) >= 11 is 0. The minimum atomic E-state index is -0.748. The average molecular weight is 222 g/mol. The summed E-state index contributed by atoms with van der Waals surface area (Å²) in [7, 11) is 1.60. The monoisotopic (exact) mass is 222 g/mol. The van der Waals surface area contributed by atoms with E-state index in [1.54, 1.807) is 20.9 Å². The zero-order valence-corrected chi connectivity index (χ0v) is 9.52. The van der Waals surface area contributed by atoms with Crippen LogP contribution < -0.4 is 5.73 Å². The fourth-order valence-corrected chi connectivity index (χ4v) is 1.30. The number of nitrogen functional groups attached to an aromatic ring is 1. The van der Waals surface area contributed by atoms with Crippen LogP contribution in [0.1, 0.15) is 29.5 Å². The van der Waals surface area contributed by atoms with E-state index in [2.05, 4.69) is 5.10 Å². The van der Waals surface area contributed by atoms with Gasteiger partial charge in [0.2, 0.25) is 0 Å². The third kappa shape index (κ3) is 2.14. The number of carbonyl (C=O) groups excluding carboxylic acids is 1. The maximum Gasteiger partial charge on any atom is 0.360 e. The van der Waals surface area contributed by atoms with Gasteiger partial charge in [0.1, 0.15) is 6.07 Å². The first-order valence-corrected chi connectivity index (χ1v) is 4.90. The molecule has 1 heterocycles. The number of nitrogens with zero attached hydrogens (tertiary/aromatic N) is 3. The molecule has 1 aromatic rings. The van der Waals surface area contributed by atoms with E-state index in [0.717, 1.165) is 0 Å². The van der Waals surface area contributed by atoms with Crippen molar-refractivity contribution in [3.8, 4) is 6.07 Å². The van der Waals surface area contributed by atoms with Crippen LogP contribution in [0.2, 0.25) is 0 Å². The molecule has 16 heavy (non-hydrogen) atoms. The summed E-state index contributed by atoms with van der Waals surface area (Å²) in [6, 6.07) is 1.88. The van der Waals surface area contributed by atoms with Crippen LogP contribution >= 0.6 is 0 Å². The van der Waals surface area contributed by atoms with Crippen LogP contribution in [0.5, 0.6) is 0 Å². The van der Waals surface area contributed by atoms with Gasteiger partial charge in [0, 0.05) is 7.05 Å². The molecule has 0 radical (unpaired) electrons. The van der Waals surface area contributed by atoms with Gasteiger partial charge in [-0.3, -0.25) is 4.68 Å². The Hall–Kier alpha value is -2.03. The third-order valence-corrected chi connectivity index (χ3v) is 2.23. The molecule has 0 aliphatic carbocycles. The maximum absolute atomic E-state index is 11.7. The number of nitriles is 1. The van der Waals surface area contributed by atoms with E-state index in [-0.39, 0.29) is 5.69 Å². The van der Waals surface area contributed by atoms with Crippen LogP contribution in [0.25, 0.3) is 0 Å². The second kappa shape index (κ2) is 4.66. The fourth-order valence-electron chi connectivity index (χ4n) is 1.30. The van der Waals surface area contributed by atoms with Gasteiger partial charge in [-0.05, 0) is 13.3 Å². The third-order valence-electron chi connectivity index (χ3n) is 2.23. The largest absolute Gasteiger partial charge is 0.442 e. The first-order chi connectivity index (χ1) is 7.51. The number of hydrogen-bond acceptors (Lipinski definition) is 5. The highest BCUT2D eigenvalue weighted by Crippen LogP contribution is 2.17. The number of ether oxygens (including phenoxy) is 1. The number of hydrogen-bond donors (Lipinski definition) is 1. The lowest BCUT2D eigenvalue weighted by atomic mass is 10.3. The Bertz CT molecular complexity index is 444. The van der Waals surface area contributed by atoms with Gasteiger partial charge in [0.15, 0.2) is 11.8 Å². The number of nitrogens with two attached hydrogens (primary N) is 1. The molecule has 1 atom stereocenters. The topological polar surface area (TPSA) is 93.9 Å². The molecule has 1 unspecified atom stereocenters. The standard InChI is InChI=1S/C10H14N4O2/c1-4-7(5-11)16-10(15)9-8(12)6(2)13-14(9)3/h7H,4,12H2,1-3H3. The van der Waals surface area contributed by atoms with E-state index in [1.807, 2.05) is 6.07 Å². The Balaban J connectivity index is 2.94. The number of aromatic nitrogens is 2. The highest BCUT2D eigenvalue weighted by molar-refractivity contribution is 5.94. The van der Waals surface area contributed by atoms with Crippen LogP contribution in [-0.2, 0) is 11.8 Å². The molecule has 0 bridgehead atoms.